The Kier molecular flexibility index (Phi) is 9.21. The van der Waals surface area contributed by atoms with Crippen molar-refractivity contribution >= 4 is 35.3 Å². The molecule has 1 aromatic carbocycles. The van der Waals surface area contributed by atoms with Crippen molar-refractivity contribution in [3.63, 3.8) is 0 Å². The van der Waals surface area contributed by atoms with Crippen LogP contribution in [0.15, 0.2) is 23.6 Å². The van der Waals surface area contributed by atoms with Crippen LogP contribution in [0.1, 0.15) is 51.7 Å². The molecule has 0 radical (unpaired) electrons. The number of alkyl halides is 3. The number of hydrogen-bond acceptors (Lipinski definition) is 7. The van der Waals surface area contributed by atoms with Crippen molar-refractivity contribution < 1.29 is 40.8 Å². The van der Waals surface area contributed by atoms with Crippen LogP contribution in [0.2, 0.25) is 0 Å². The lowest BCUT2D eigenvalue weighted by molar-refractivity contribution is -0.137. The number of nitrogens with one attached hydrogen (secondary N) is 1. The molecular weight excluding hydrogens is 494 g/mol. The van der Waals surface area contributed by atoms with E-state index in [0.717, 1.165) is 23.1 Å². The number of amides is 1. The molecule has 0 spiro atoms. The minimum Gasteiger partial charge on any atom is -0.444 e. The van der Waals surface area contributed by atoms with Crippen LogP contribution in [0.5, 0.6) is 0 Å². The number of aryl methyl sites for hydroxylation is 1. The van der Waals surface area contributed by atoms with Gasteiger partial charge in [-0.15, -0.1) is 11.3 Å². The highest BCUT2D eigenvalue weighted by atomic mass is 32.1. The lowest BCUT2D eigenvalue weighted by atomic mass is 9.94. The van der Waals surface area contributed by atoms with Gasteiger partial charge in [0.25, 0.3) is 0 Å². The summed E-state index contributed by atoms with van der Waals surface area (Å²) in [7, 11) is -1.40. The van der Waals surface area contributed by atoms with E-state index >= 15 is 0 Å². The van der Waals surface area contributed by atoms with Gasteiger partial charge in [0.2, 0.25) is 0 Å². The predicted molar refractivity (Wildman–Crippen MR) is 125 cm³/mol. The van der Waals surface area contributed by atoms with Crippen LogP contribution in [0.3, 0.4) is 0 Å². The molecule has 7 nitrogen and oxygen atoms in total. The first-order valence-corrected chi connectivity index (χ1v) is 12.9. The standard InChI is InChI=1S/C22H31F3NO6PS/c1-20(2,3)32-19(27)26-21(4,14-31-33(28,29-5)30-6)11-7-8-15-13-34-18-12-16(22(23,24)25)9-10-17(15)18/h9-10,12-13H,7-8,11,14H2,1-6H3,(H,26,27)/t21-/m1/s1. The molecule has 0 aliphatic heterocycles. The number of halogens is 3. The van der Waals surface area contributed by atoms with Crippen molar-refractivity contribution in [1.82, 2.24) is 5.32 Å². The molecule has 0 saturated heterocycles. The highest BCUT2D eigenvalue weighted by Gasteiger charge is 2.34. The smallest absolute Gasteiger partial charge is 0.444 e. The van der Waals surface area contributed by atoms with Crippen molar-refractivity contribution in [1.29, 1.82) is 0 Å². The van der Waals surface area contributed by atoms with E-state index in [4.69, 9.17) is 18.3 Å². The van der Waals surface area contributed by atoms with Crippen molar-refractivity contribution in [2.75, 3.05) is 20.8 Å². The van der Waals surface area contributed by atoms with E-state index in [9.17, 15) is 22.5 Å². The number of phosphoric ester groups is 1. The molecule has 0 unspecified atom stereocenters. The van der Waals surface area contributed by atoms with Gasteiger partial charge < -0.3 is 10.1 Å². The molecule has 34 heavy (non-hydrogen) atoms. The zero-order chi connectivity index (χ0) is 25.8. The molecule has 1 atom stereocenters. The van der Waals surface area contributed by atoms with Gasteiger partial charge in [-0.1, -0.05) is 6.07 Å². The topological polar surface area (TPSA) is 83.1 Å². The fraction of sp³-hybridized carbons (Fsp3) is 0.591. The monoisotopic (exact) mass is 525 g/mol. The Labute approximate surface area is 201 Å². The Bertz CT molecular complexity index is 1030. The van der Waals surface area contributed by atoms with Gasteiger partial charge in [-0.2, -0.15) is 13.2 Å². The molecule has 2 aromatic rings. The summed E-state index contributed by atoms with van der Waals surface area (Å²) >= 11 is 1.25. The normalized spacial score (nSPS) is 14.7. The third-order valence-corrected chi connectivity index (χ3v) is 7.28. The van der Waals surface area contributed by atoms with E-state index < -0.39 is 36.8 Å². The summed E-state index contributed by atoms with van der Waals surface area (Å²) in [6.07, 6.45) is -3.53. The van der Waals surface area contributed by atoms with Gasteiger partial charge in [0.1, 0.15) is 5.60 Å². The van der Waals surface area contributed by atoms with Gasteiger partial charge in [-0.25, -0.2) is 9.36 Å². The van der Waals surface area contributed by atoms with E-state index in [1.165, 1.54) is 31.6 Å². The largest absolute Gasteiger partial charge is 0.474 e. The molecule has 12 heteroatoms. The molecule has 1 aromatic heterocycles. The maximum absolute atomic E-state index is 13.0. The van der Waals surface area contributed by atoms with Crippen LogP contribution in [0.4, 0.5) is 18.0 Å². The van der Waals surface area contributed by atoms with Gasteiger partial charge in [-0.05, 0) is 75.4 Å². The highest BCUT2D eigenvalue weighted by molar-refractivity contribution is 7.48. The van der Waals surface area contributed by atoms with Gasteiger partial charge in [-0.3, -0.25) is 13.6 Å². The summed E-state index contributed by atoms with van der Waals surface area (Å²) in [5.74, 6) is 0. The molecular formula is C22H31F3NO6PS. The van der Waals surface area contributed by atoms with Crippen LogP contribution in [0.25, 0.3) is 10.1 Å². The summed E-state index contributed by atoms with van der Waals surface area (Å²) in [5, 5.41) is 5.37. The summed E-state index contributed by atoms with van der Waals surface area (Å²) in [4.78, 5) is 12.4. The summed E-state index contributed by atoms with van der Waals surface area (Å²) in [5.41, 5.74) is -1.47. The highest BCUT2D eigenvalue weighted by Crippen LogP contribution is 2.48. The van der Waals surface area contributed by atoms with E-state index in [1.807, 2.05) is 5.38 Å². The fourth-order valence-corrected chi connectivity index (χ4v) is 5.08. The number of fused-ring (bicyclic) bond motifs is 1. The number of rotatable bonds is 10. The molecule has 192 valence electrons. The minimum absolute atomic E-state index is 0.176. The second kappa shape index (κ2) is 11.0. The Morgan fingerprint density at radius 3 is 2.32 bits per heavy atom. The predicted octanol–water partition coefficient (Wildman–Crippen LogP) is 6.94. The molecule has 0 aliphatic carbocycles. The maximum atomic E-state index is 13.0. The number of carbonyl (C=O) groups is 1. The van der Waals surface area contributed by atoms with E-state index in [-0.39, 0.29) is 6.61 Å². The SMILES string of the molecule is COP(=O)(OC)OC[C@@](C)(CCCc1csc2cc(C(F)(F)F)ccc12)NC(=O)OC(C)(C)C. The Balaban J connectivity index is 2.13. The van der Waals surface area contributed by atoms with Crippen LogP contribution in [-0.2, 0) is 35.5 Å². The number of phosphoric acid groups is 1. The first-order chi connectivity index (χ1) is 15.6. The number of hydrogen-bond donors (Lipinski definition) is 1. The molecule has 2 rings (SSSR count). The lowest BCUT2D eigenvalue weighted by Crippen LogP contribution is -2.51. The molecule has 0 aliphatic rings. The van der Waals surface area contributed by atoms with Gasteiger partial charge in [0.05, 0.1) is 17.7 Å². The Hall–Kier alpha value is -1.65. The zero-order valence-electron chi connectivity index (χ0n) is 20.1. The van der Waals surface area contributed by atoms with Gasteiger partial charge in [0.15, 0.2) is 0 Å². The fourth-order valence-electron chi connectivity index (χ4n) is 3.24. The number of alkyl carbamates (subject to hydrolysis) is 1. The summed E-state index contributed by atoms with van der Waals surface area (Å²) < 4.78 is 72.1. The van der Waals surface area contributed by atoms with Crippen molar-refractivity contribution in [2.24, 2.45) is 0 Å². The van der Waals surface area contributed by atoms with Gasteiger partial charge in [0, 0.05) is 18.9 Å². The minimum atomic E-state index is -4.39. The van der Waals surface area contributed by atoms with Crippen molar-refractivity contribution in [3.8, 4) is 0 Å². The maximum Gasteiger partial charge on any atom is 0.474 e. The van der Waals surface area contributed by atoms with E-state index in [0.29, 0.717) is 24.0 Å². The van der Waals surface area contributed by atoms with E-state index in [1.54, 1.807) is 27.7 Å². The number of ether oxygens (including phenoxy) is 1. The quantitative estimate of drug-likeness (QED) is 0.338. The van der Waals surface area contributed by atoms with Crippen molar-refractivity contribution in [2.45, 2.75) is 64.3 Å². The second-order valence-electron chi connectivity index (χ2n) is 9.10. The second-order valence-corrected chi connectivity index (χ2v) is 11.9. The van der Waals surface area contributed by atoms with Crippen LogP contribution in [-0.4, -0.2) is 38.1 Å². The van der Waals surface area contributed by atoms with Crippen LogP contribution in [0, 0.1) is 0 Å². The third kappa shape index (κ3) is 8.23. The number of carbonyl (C=O) groups excluding carboxylic acids is 1. The molecule has 0 fully saturated rings. The Morgan fingerprint density at radius 2 is 1.76 bits per heavy atom. The summed E-state index contributed by atoms with van der Waals surface area (Å²) in [6.45, 7) is 6.74. The third-order valence-electron chi connectivity index (χ3n) is 4.95. The van der Waals surface area contributed by atoms with Crippen molar-refractivity contribution in [3.05, 3.63) is 34.7 Å². The van der Waals surface area contributed by atoms with E-state index in [2.05, 4.69) is 5.32 Å². The first kappa shape index (κ1) is 28.6. The molecule has 0 bridgehead atoms. The zero-order valence-corrected chi connectivity index (χ0v) is 21.8. The molecule has 1 N–H and O–H groups in total. The number of thiophene rings is 1. The summed E-state index contributed by atoms with van der Waals surface area (Å²) in [6, 6.07) is 3.71. The first-order valence-electron chi connectivity index (χ1n) is 10.5. The Morgan fingerprint density at radius 1 is 1.12 bits per heavy atom. The van der Waals surface area contributed by atoms with Gasteiger partial charge >= 0.3 is 20.1 Å². The number of benzene rings is 1. The van der Waals surface area contributed by atoms with Crippen LogP contribution >= 0.6 is 19.2 Å². The molecule has 1 amide bonds. The van der Waals surface area contributed by atoms with Crippen LogP contribution < -0.4 is 5.32 Å². The molecule has 0 saturated carbocycles. The average Bonchev–Trinajstić information content (AvgIpc) is 3.12. The molecule has 1 heterocycles. The average molecular weight is 526 g/mol. The lowest BCUT2D eigenvalue weighted by Gasteiger charge is -2.32.